The molecule has 0 saturated carbocycles. The van der Waals surface area contributed by atoms with Crippen LogP contribution in [0, 0.1) is 0 Å². The van der Waals surface area contributed by atoms with Crippen molar-refractivity contribution in [1.29, 1.82) is 0 Å². The first-order chi connectivity index (χ1) is 8.67. The Morgan fingerprint density at radius 1 is 1.28 bits per heavy atom. The number of amides is 2. The van der Waals surface area contributed by atoms with Gasteiger partial charge in [0.1, 0.15) is 5.75 Å². The lowest BCUT2D eigenvalue weighted by Crippen LogP contribution is -2.29. The lowest BCUT2D eigenvalue weighted by Gasteiger charge is -2.18. The topological polar surface area (TPSA) is 32.8 Å². The molecule has 1 aromatic rings. The van der Waals surface area contributed by atoms with Crippen LogP contribution in [0.5, 0.6) is 5.75 Å². The van der Waals surface area contributed by atoms with Crippen molar-refractivity contribution >= 4 is 6.03 Å². The first-order valence-electron chi connectivity index (χ1n) is 6.41. The molecule has 4 nitrogen and oxygen atoms in total. The molecular weight excluding hydrogens is 228 g/mol. The molecule has 1 fully saturated rings. The van der Waals surface area contributed by atoms with Crippen LogP contribution in [0.15, 0.2) is 24.3 Å². The van der Waals surface area contributed by atoms with Crippen LogP contribution in [0.25, 0.3) is 0 Å². The van der Waals surface area contributed by atoms with Gasteiger partial charge in [0.05, 0.1) is 12.6 Å². The van der Waals surface area contributed by atoms with Gasteiger partial charge in [-0.1, -0.05) is 12.1 Å². The van der Waals surface area contributed by atoms with E-state index in [1.54, 1.807) is 4.90 Å². The van der Waals surface area contributed by atoms with Crippen molar-refractivity contribution < 1.29 is 9.53 Å². The maximum atomic E-state index is 11.9. The number of benzene rings is 1. The predicted octanol–water partition coefficient (Wildman–Crippen LogP) is 2.51. The van der Waals surface area contributed by atoms with Crippen molar-refractivity contribution in [3.63, 3.8) is 0 Å². The van der Waals surface area contributed by atoms with Crippen LogP contribution in [-0.2, 0) is 0 Å². The highest BCUT2D eigenvalue weighted by atomic mass is 16.5. The number of hydrogen-bond donors (Lipinski definition) is 0. The number of carbonyl (C=O) groups excluding carboxylic acids is 1. The number of nitrogens with zero attached hydrogens (tertiary/aromatic N) is 2. The lowest BCUT2D eigenvalue weighted by molar-refractivity contribution is 0.197. The van der Waals surface area contributed by atoms with Crippen LogP contribution in [0.3, 0.4) is 0 Å². The van der Waals surface area contributed by atoms with Gasteiger partial charge in [-0.05, 0) is 31.5 Å². The molecule has 1 unspecified atom stereocenters. The van der Waals surface area contributed by atoms with Crippen molar-refractivity contribution in [1.82, 2.24) is 9.80 Å². The van der Waals surface area contributed by atoms with Gasteiger partial charge < -0.3 is 14.5 Å². The van der Waals surface area contributed by atoms with Crippen molar-refractivity contribution in [2.24, 2.45) is 0 Å². The normalized spacial score (nSPS) is 19.5. The average Bonchev–Trinajstić information content (AvgIpc) is 2.68. The molecular formula is C14H20N2O2. The Hall–Kier alpha value is -1.71. The summed E-state index contributed by atoms with van der Waals surface area (Å²) in [6, 6.07) is 8.26. The molecule has 1 aromatic carbocycles. The second-order valence-electron chi connectivity index (χ2n) is 4.45. The third-order valence-electron chi connectivity index (χ3n) is 3.39. The van der Waals surface area contributed by atoms with Crippen LogP contribution < -0.4 is 4.74 Å². The van der Waals surface area contributed by atoms with Crippen molar-refractivity contribution in [3.05, 3.63) is 29.8 Å². The summed E-state index contributed by atoms with van der Waals surface area (Å²) in [6.45, 7) is 6.17. The SMILES string of the molecule is CCOc1ccc(C2CN(CC)C(=O)N2C)cc1. The average molecular weight is 248 g/mol. The highest BCUT2D eigenvalue weighted by molar-refractivity contribution is 5.77. The number of likely N-dealkylation sites (N-methyl/N-ethyl adjacent to an activating group) is 2. The number of ether oxygens (including phenoxy) is 1. The zero-order valence-corrected chi connectivity index (χ0v) is 11.2. The van der Waals surface area contributed by atoms with Gasteiger partial charge in [0.15, 0.2) is 0 Å². The van der Waals surface area contributed by atoms with E-state index in [1.165, 1.54) is 0 Å². The Bertz CT molecular complexity index is 416. The second-order valence-corrected chi connectivity index (χ2v) is 4.45. The molecule has 1 heterocycles. The summed E-state index contributed by atoms with van der Waals surface area (Å²) >= 11 is 0. The number of hydrogen-bond acceptors (Lipinski definition) is 2. The monoisotopic (exact) mass is 248 g/mol. The molecule has 0 spiro atoms. The third kappa shape index (κ3) is 2.28. The Kier molecular flexibility index (Phi) is 3.75. The summed E-state index contributed by atoms with van der Waals surface area (Å²) in [4.78, 5) is 15.6. The van der Waals surface area contributed by atoms with E-state index in [-0.39, 0.29) is 12.1 Å². The largest absolute Gasteiger partial charge is 0.494 e. The summed E-state index contributed by atoms with van der Waals surface area (Å²) in [6.07, 6.45) is 0. The van der Waals surface area contributed by atoms with Gasteiger partial charge in [-0.3, -0.25) is 0 Å². The Balaban J connectivity index is 2.14. The molecule has 1 aliphatic heterocycles. The Morgan fingerprint density at radius 2 is 1.94 bits per heavy atom. The van der Waals surface area contributed by atoms with E-state index < -0.39 is 0 Å². The zero-order valence-electron chi connectivity index (χ0n) is 11.2. The quantitative estimate of drug-likeness (QED) is 0.820. The van der Waals surface area contributed by atoms with Crippen molar-refractivity contribution in [3.8, 4) is 5.75 Å². The smallest absolute Gasteiger partial charge is 0.320 e. The molecule has 1 atom stereocenters. The molecule has 0 radical (unpaired) electrons. The van der Waals surface area contributed by atoms with Gasteiger partial charge in [-0.25, -0.2) is 4.79 Å². The third-order valence-corrected chi connectivity index (χ3v) is 3.39. The van der Waals surface area contributed by atoms with Gasteiger partial charge in [0.2, 0.25) is 0 Å². The van der Waals surface area contributed by atoms with E-state index in [0.29, 0.717) is 6.61 Å². The van der Waals surface area contributed by atoms with E-state index in [4.69, 9.17) is 4.74 Å². The van der Waals surface area contributed by atoms with Gasteiger partial charge in [-0.2, -0.15) is 0 Å². The molecule has 4 heteroatoms. The molecule has 98 valence electrons. The second kappa shape index (κ2) is 5.29. The molecule has 0 bridgehead atoms. The van der Waals surface area contributed by atoms with Gasteiger partial charge in [-0.15, -0.1) is 0 Å². The fourth-order valence-corrected chi connectivity index (χ4v) is 2.31. The van der Waals surface area contributed by atoms with Gasteiger partial charge in [0.25, 0.3) is 0 Å². The van der Waals surface area contributed by atoms with Crippen LogP contribution in [0.2, 0.25) is 0 Å². The van der Waals surface area contributed by atoms with Crippen molar-refractivity contribution in [2.75, 3.05) is 26.7 Å². The molecule has 0 N–H and O–H groups in total. The predicted molar refractivity (Wildman–Crippen MR) is 70.8 cm³/mol. The van der Waals surface area contributed by atoms with Crippen LogP contribution >= 0.6 is 0 Å². The maximum Gasteiger partial charge on any atom is 0.320 e. The highest BCUT2D eigenvalue weighted by Crippen LogP contribution is 2.28. The standard InChI is InChI=1S/C14H20N2O2/c1-4-16-10-13(15(3)14(16)17)11-6-8-12(9-7-11)18-5-2/h6-9,13H,4-5,10H2,1-3H3. The van der Waals surface area contributed by atoms with Gasteiger partial charge in [0, 0.05) is 20.1 Å². The Labute approximate surface area is 108 Å². The first-order valence-corrected chi connectivity index (χ1v) is 6.41. The summed E-state index contributed by atoms with van der Waals surface area (Å²) < 4.78 is 5.42. The molecule has 0 aromatic heterocycles. The highest BCUT2D eigenvalue weighted by Gasteiger charge is 2.34. The van der Waals surface area contributed by atoms with Gasteiger partial charge >= 0.3 is 6.03 Å². The van der Waals surface area contributed by atoms with E-state index in [1.807, 2.05) is 50.1 Å². The number of carbonyl (C=O) groups is 1. The van der Waals surface area contributed by atoms with Crippen LogP contribution in [-0.4, -0.2) is 42.6 Å². The van der Waals surface area contributed by atoms with Crippen LogP contribution in [0.1, 0.15) is 25.5 Å². The minimum absolute atomic E-state index is 0.108. The van der Waals surface area contributed by atoms with E-state index in [0.717, 1.165) is 24.4 Å². The first kappa shape index (κ1) is 12.7. The number of urea groups is 1. The van der Waals surface area contributed by atoms with E-state index in [9.17, 15) is 4.79 Å². The minimum Gasteiger partial charge on any atom is -0.494 e. The molecule has 1 aliphatic rings. The zero-order chi connectivity index (χ0) is 13.1. The van der Waals surface area contributed by atoms with Crippen LogP contribution in [0.4, 0.5) is 4.79 Å². The number of rotatable bonds is 4. The molecule has 18 heavy (non-hydrogen) atoms. The summed E-state index contributed by atoms with van der Waals surface area (Å²) in [5.74, 6) is 0.876. The lowest BCUT2D eigenvalue weighted by atomic mass is 10.1. The van der Waals surface area contributed by atoms with Crippen molar-refractivity contribution in [2.45, 2.75) is 19.9 Å². The summed E-state index contributed by atoms with van der Waals surface area (Å²) in [5.41, 5.74) is 1.16. The maximum absolute atomic E-state index is 11.9. The molecule has 2 rings (SSSR count). The molecule has 1 saturated heterocycles. The summed E-state index contributed by atoms with van der Waals surface area (Å²) in [7, 11) is 1.86. The fourth-order valence-electron chi connectivity index (χ4n) is 2.31. The van der Waals surface area contributed by atoms with E-state index in [2.05, 4.69) is 0 Å². The molecule has 2 amide bonds. The summed E-state index contributed by atoms with van der Waals surface area (Å²) in [5, 5.41) is 0. The fraction of sp³-hybridized carbons (Fsp3) is 0.500. The minimum atomic E-state index is 0.108. The Morgan fingerprint density at radius 3 is 2.44 bits per heavy atom. The molecule has 0 aliphatic carbocycles. The van der Waals surface area contributed by atoms with E-state index >= 15 is 0 Å².